The van der Waals surface area contributed by atoms with E-state index in [1.807, 2.05) is 0 Å². The molecule has 0 heterocycles. The molecule has 4 N–H and O–H groups in total. The number of nitrogens with two attached hydrogens (primary N) is 1. The minimum atomic E-state index is -0.584. The Morgan fingerprint density at radius 2 is 1.85 bits per heavy atom. The van der Waals surface area contributed by atoms with Gasteiger partial charge in [0.15, 0.2) is 0 Å². The standard InChI is InChI=1S/C13H10Cl2FN3O/c14-7-1-2-11(15)12(3-7)19-13(20)18-10-5-8(16)4-9(17)6-10/h1-6H,17H2,(H2,18,19,20). The lowest BCUT2D eigenvalue weighted by Crippen LogP contribution is -2.19. The number of benzene rings is 2. The summed E-state index contributed by atoms with van der Waals surface area (Å²) in [4.78, 5) is 11.8. The summed E-state index contributed by atoms with van der Waals surface area (Å²) < 4.78 is 13.1. The largest absolute Gasteiger partial charge is 0.399 e. The van der Waals surface area contributed by atoms with Crippen LogP contribution in [0.2, 0.25) is 10.0 Å². The van der Waals surface area contributed by atoms with E-state index in [-0.39, 0.29) is 11.4 Å². The fourth-order valence-electron chi connectivity index (χ4n) is 1.56. The summed E-state index contributed by atoms with van der Waals surface area (Å²) in [6, 6.07) is 7.80. The molecule has 0 saturated carbocycles. The Morgan fingerprint density at radius 3 is 2.55 bits per heavy atom. The van der Waals surface area contributed by atoms with Crippen LogP contribution in [0.5, 0.6) is 0 Å². The summed E-state index contributed by atoms with van der Waals surface area (Å²) in [6.07, 6.45) is 0. The van der Waals surface area contributed by atoms with Crippen molar-refractivity contribution in [3.8, 4) is 0 Å². The number of carbonyl (C=O) groups is 1. The van der Waals surface area contributed by atoms with Gasteiger partial charge in [0.1, 0.15) is 5.82 Å². The Morgan fingerprint density at radius 1 is 1.10 bits per heavy atom. The van der Waals surface area contributed by atoms with Gasteiger partial charge in [-0.2, -0.15) is 0 Å². The maximum atomic E-state index is 13.1. The van der Waals surface area contributed by atoms with Gasteiger partial charge in [0.05, 0.1) is 10.7 Å². The van der Waals surface area contributed by atoms with Gasteiger partial charge in [-0.05, 0) is 36.4 Å². The Hall–Kier alpha value is -1.98. The van der Waals surface area contributed by atoms with Crippen molar-refractivity contribution < 1.29 is 9.18 Å². The van der Waals surface area contributed by atoms with Crippen LogP contribution in [0.3, 0.4) is 0 Å². The van der Waals surface area contributed by atoms with E-state index in [0.717, 1.165) is 12.1 Å². The van der Waals surface area contributed by atoms with E-state index in [1.165, 1.54) is 12.1 Å². The first-order valence-corrected chi connectivity index (χ1v) is 6.29. The van der Waals surface area contributed by atoms with E-state index in [4.69, 9.17) is 28.9 Å². The summed E-state index contributed by atoms with van der Waals surface area (Å²) in [7, 11) is 0. The van der Waals surface area contributed by atoms with Crippen LogP contribution in [0.4, 0.5) is 26.2 Å². The van der Waals surface area contributed by atoms with E-state index < -0.39 is 11.8 Å². The molecule has 0 radical (unpaired) electrons. The van der Waals surface area contributed by atoms with Crippen LogP contribution in [0.25, 0.3) is 0 Å². The molecule has 2 amide bonds. The molecule has 104 valence electrons. The summed E-state index contributed by atoms with van der Waals surface area (Å²) in [5.41, 5.74) is 6.27. The van der Waals surface area contributed by atoms with Gasteiger partial charge in [-0.25, -0.2) is 9.18 Å². The second-order valence-corrected chi connectivity index (χ2v) is 4.82. The molecule has 0 aromatic heterocycles. The van der Waals surface area contributed by atoms with Crippen molar-refractivity contribution >= 4 is 46.3 Å². The molecule has 0 aliphatic heterocycles. The molecule has 0 fully saturated rings. The van der Waals surface area contributed by atoms with Crippen molar-refractivity contribution in [3.05, 3.63) is 52.3 Å². The monoisotopic (exact) mass is 313 g/mol. The molecule has 7 heteroatoms. The summed E-state index contributed by atoms with van der Waals surface area (Å²) >= 11 is 11.7. The minimum absolute atomic E-state index is 0.209. The van der Waals surface area contributed by atoms with E-state index in [9.17, 15) is 9.18 Å². The van der Waals surface area contributed by atoms with Crippen LogP contribution < -0.4 is 16.4 Å². The molecule has 2 aromatic carbocycles. The first-order chi connectivity index (χ1) is 9.44. The Bertz CT molecular complexity index is 644. The van der Waals surface area contributed by atoms with E-state index >= 15 is 0 Å². The second kappa shape index (κ2) is 5.98. The molecule has 0 atom stereocenters. The summed E-state index contributed by atoms with van der Waals surface area (Å²) in [6.45, 7) is 0. The lowest BCUT2D eigenvalue weighted by molar-refractivity contribution is 0.262. The number of nitrogen functional groups attached to an aromatic ring is 1. The molecule has 20 heavy (non-hydrogen) atoms. The van der Waals surface area contributed by atoms with Gasteiger partial charge in [0, 0.05) is 16.4 Å². The zero-order chi connectivity index (χ0) is 14.7. The minimum Gasteiger partial charge on any atom is -0.399 e. The highest BCUT2D eigenvalue weighted by molar-refractivity contribution is 6.35. The molecular weight excluding hydrogens is 304 g/mol. The van der Waals surface area contributed by atoms with Crippen molar-refractivity contribution in [2.45, 2.75) is 0 Å². The Labute approximate surface area is 124 Å². The van der Waals surface area contributed by atoms with Crippen molar-refractivity contribution in [2.75, 3.05) is 16.4 Å². The number of halogens is 3. The van der Waals surface area contributed by atoms with Gasteiger partial charge in [0.2, 0.25) is 0 Å². The second-order valence-electron chi connectivity index (χ2n) is 3.98. The number of anilines is 3. The maximum absolute atomic E-state index is 13.1. The SMILES string of the molecule is Nc1cc(F)cc(NC(=O)Nc2cc(Cl)ccc2Cl)c1. The predicted octanol–water partition coefficient (Wildman–Crippen LogP) is 4.36. The molecule has 0 bridgehead atoms. The number of rotatable bonds is 2. The van der Waals surface area contributed by atoms with Gasteiger partial charge in [-0.3, -0.25) is 0 Å². The van der Waals surface area contributed by atoms with E-state index in [1.54, 1.807) is 12.1 Å². The quantitative estimate of drug-likeness (QED) is 0.721. The van der Waals surface area contributed by atoms with Gasteiger partial charge >= 0.3 is 6.03 Å². The van der Waals surface area contributed by atoms with Gasteiger partial charge < -0.3 is 16.4 Å². The third kappa shape index (κ3) is 3.76. The molecule has 2 aromatic rings. The molecule has 2 rings (SSSR count). The average Bonchev–Trinajstić information content (AvgIpc) is 2.32. The Balaban J connectivity index is 2.11. The zero-order valence-corrected chi connectivity index (χ0v) is 11.6. The smallest absolute Gasteiger partial charge is 0.323 e. The third-order valence-corrected chi connectivity index (χ3v) is 2.92. The average molecular weight is 314 g/mol. The maximum Gasteiger partial charge on any atom is 0.323 e. The highest BCUT2D eigenvalue weighted by Gasteiger charge is 2.08. The van der Waals surface area contributed by atoms with E-state index in [2.05, 4.69) is 10.6 Å². The predicted molar refractivity (Wildman–Crippen MR) is 79.9 cm³/mol. The van der Waals surface area contributed by atoms with Crippen molar-refractivity contribution in [2.24, 2.45) is 0 Å². The molecule has 0 spiro atoms. The molecular formula is C13H10Cl2FN3O. The highest BCUT2D eigenvalue weighted by Crippen LogP contribution is 2.25. The van der Waals surface area contributed by atoms with Crippen LogP contribution in [0, 0.1) is 5.82 Å². The summed E-state index contributed by atoms with van der Waals surface area (Å²) in [5, 5.41) is 5.72. The Kier molecular flexibility index (Phi) is 4.32. The first kappa shape index (κ1) is 14.4. The van der Waals surface area contributed by atoms with Crippen LogP contribution in [-0.4, -0.2) is 6.03 Å². The summed E-state index contributed by atoms with van der Waals surface area (Å²) in [5.74, 6) is -0.541. The number of urea groups is 1. The highest BCUT2D eigenvalue weighted by atomic mass is 35.5. The number of hydrogen-bond donors (Lipinski definition) is 3. The lowest BCUT2D eigenvalue weighted by Gasteiger charge is -2.10. The van der Waals surface area contributed by atoms with Crippen LogP contribution in [-0.2, 0) is 0 Å². The van der Waals surface area contributed by atoms with Crippen LogP contribution >= 0.6 is 23.2 Å². The molecule has 0 aliphatic carbocycles. The van der Waals surface area contributed by atoms with Gasteiger partial charge in [-0.1, -0.05) is 23.2 Å². The topological polar surface area (TPSA) is 67.1 Å². The molecule has 4 nitrogen and oxygen atoms in total. The molecule has 0 saturated heterocycles. The zero-order valence-electron chi connectivity index (χ0n) is 10.1. The van der Waals surface area contributed by atoms with Crippen molar-refractivity contribution in [1.82, 2.24) is 0 Å². The lowest BCUT2D eigenvalue weighted by atomic mass is 10.2. The van der Waals surface area contributed by atoms with Crippen molar-refractivity contribution in [1.29, 1.82) is 0 Å². The van der Waals surface area contributed by atoms with Crippen LogP contribution in [0.1, 0.15) is 0 Å². The van der Waals surface area contributed by atoms with Crippen molar-refractivity contribution in [3.63, 3.8) is 0 Å². The molecule has 0 unspecified atom stereocenters. The fraction of sp³-hybridized carbons (Fsp3) is 0. The van der Waals surface area contributed by atoms with Gasteiger partial charge in [-0.15, -0.1) is 0 Å². The first-order valence-electron chi connectivity index (χ1n) is 5.53. The number of hydrogen-bond acceptors (Lipinski definition) is 2. The number of amides is 2. The normalized spacial score (nSPS) is 10.2. The molecule has 0 aliphatic rings. The third-order valence-electron chi connectivity index (χ3n) is 2.35. The fourth-order valence-corrected chi connectivity index (χ4v) is 1.90. The van der Waals surface area contributed by atoms with Crippen LogP contribution in [0.15, 0.2) is 36.4 Å². The number of carbonyl (C=O) groups excluding carboxylic acids is 1. The van der Waals surface area contributed by atoms with Gasteiger partial charge in [0.25, 0.3) is 0 Å². The van der Waals surface area contributed by atoms with E-state index in [0.29, 0.717) is 15.7 Å². The number of nitrogens with one attached hydrogen (secondary N) is 2.